The van der Waals surface area contributed by atoms with E-state index in [9.17, 15) is 0 Å². The summed E-state index contributed by atoms with van der Waals surface area (Å²) >= 11 is 0. The van der Waals surface area contributed by atoms with Crippen molar-refractivity contribution >= 4 is 0 Å². The molecule has 0 aliphatic heterocycles. The summed E-state index contributed by atoms with van der Waals surface area (Å²) in [6.07, 6.45) is 3.90. The summed E-state index contributed by atoms with van der Waals surface area (Å²) in [5.41, 5.74) is 0.266. The molecule has 1 radical (unpaired) electrons. The van der Waals surface area contributed by atoms with Crippen molar-refractivity contribution in [2.45, 2.75) is 53.9 Å². The summed E-state index contributed by atoms with van der Waals surface area (Å²) in [5.74, 6) is 1.73. The molecule has 0 heterocycles. The Morgan fingerprint density at radius 1 is 1.25 bits per heavy atom. The molecule has 73 valence electrons. The van der Waals surface area contributed by atoms with E-state index in [1.165, 1.54) is 19.3 Å². The Bertz CT molecular complexity index is 106. The van der Waals surface area contributed by atoms with E-state index < -0.39 is 0 Å². The van der Waals surface area contributed by atoms with Gasteiger partial charge in [-0.15, -0.1) is 0 Å². The van der Waals surface area contributed by atoms with Gasteiger partial charge in [0, 0.05) is 0 Å². The second-order valence-corrected chi connectivity index (χ2v) is 5.12. The third kappa shape index (κ3) is 5.62. The van der Waals surface area contributed by atoms with Gasteiger partial charge in [-0.2, -0.15) is 0 Å². The van der Waals surface area contributed by atoms with Gasteiger partial charge in [-0.25, -0.2) is 0 Å². The molecule has 0 amide bonds. The Hall–Kier alpha value is 0. The van der Waals surface area contributed by atoms with E-state index in [1.54, 1.807) is 0 Å². The summed E-state index contributed by atoms with van der Waals surface area (Å²) in [4.78, 5) is 0. The first kappa shape index (κ1) is 12.0. The van der Waals surface area contributed by atoms with Crippen LogP contribution in [0.5, 0.6) is 0 Å². The average Bonchev–Trinajstić information content (AvgIpc) is 1.85. The van der Waals surface area contributed by atoms with Crippen LogP contribution in [0.3, 0.4) is 0 Å². The second kappa shape index (κ2) is 4.89. The molecule has 0 N–H and O–H groups in total. The van der Waals surface area contributed by atoms with E-state index in [0.29, 0.717) is 0 Å². The second-order valence-electron chi connectivity index (χ2n) is 5.12. The molecule has 1 atom stereocenters. The van der Waals surface area contributed by atoms with Crippen LogP contribution in [0.4, 0.5) is 0 Å². The molecule has 0 fully saturated rings. The molecular formula is C12H25. The van der Waals surface area contributed by atoms with Crippen LogP contribution in [0.2, 0.25) is 0 Å². The monoisotopic (exact) mass is 169 g/mol. The molecule has 0 aromatic carbocycles. The lowest BCUT2D eigenvalue weighted by Crippen LogP contribution is -2.13. The molecule has 0 spiro atoms. The van der Waals surface area contributed by atoms with Gasteiger partial charge in [-0.05, 0) is 37.0 Å². The minimum absolute atomic E-state index is 0.266. The van der Waals surface area contributed by atoms with E-state index in [1.807, 2.05) is 0 Å². The zero-order valence-electron chi connectivity index (χ0n) is 9.48. The average molecular weight is 169 g/mol. The minimum Gasteiger partial charge on any atom is -0.0651 e. The molecule has 0 rings (SSSR count). The van der Waals surface area contributed by atoms with Gasteiger partial charge in [0.2, 0.25) is 0 Å². The molecule has 0 nitrogen and oxygen atoms in total. The summed E-state index contributed by atoms with van der Waals surface area (Å²) in [6, 6.07) is 0. The van der Waals surface area contributed by atoms with Crippen molar-refractivity contribution in [2.24, 2.45) is 17.3 Å². The molecule has 0 saturated heterocycles. The first-order chi connectivity index (χ1) is 5.37. The van der Waals surface area contributed by atoms with E-state index in [0.717, 1.165) is 11.8 Å². The van der Waals surface area contributed by atoms with E-state index in [-0.39, 0.29) is 5.41 Å². The van der Waals surface area contributed by atoms with Crippen LogP contribution in [0, 0.1) is 24.2 Å². The van der Waals surface area contributed by atoms with Crippen LogP contribution in [-0.4, -0.2) is 0 Å². The molecule has 0 bridgehead atoms. The Morgan fingerprint density at radius 3 is 2.00 bits per heavy atom. The van der Waals surface area contributed by atoms with Gasteiger partial charge in [0.25, 0.3) is 0 Å². The Balaban J connectivity index is 3.73. The lowest BCUT2D eigenvalue weighted by Gasteiger charge is -2.24. The third-order valence-corrected chi connectivity index (χ3v) is 2.66. The highest BCUT2D eigenvalue weighted by Crippen LogP contribution is 2.28. The lowest BCUT2D eigenvalue weighted by atomic mass is 9.82. The quantitative estimate of drug-likeness (QED) is 0.575. The van der Waals surface area contributed by atoms with E-state index in [4.69, 9.17) is 0 Å². The van der Waals surface area contributed by atoms with Crippen LogP contribution in [0.1, 0.15) is 53.9 Å². The number of hydrogen-bond acceptors (Lipinski definition) is 0. The zero-order chi connectivity index (χ0) is 9.78. The van der Waals surface area contributed by atoms with Gasteiger partial charge in [0.15, 0.2) is 0 Å². The molecule has 12 heavy (non-hydrogen) atoms. The molecule has 0 aromatic heterocycles. The van der Waals surface area contributed by atoms with Crippen LogP contribution in [0.15, 0.2) is 0 Å². The number of hydrogen-bond donors (Lipinski definition) is 0. The Labute approximate surface area is 78.8 Å². The van der Waals surface area contributed by atoms with Crippen molar-refractivity contribution in [2.75, 3.05) is 0 Å². The highest BCUT2D eigenvalue weighted by Gasteiger charge is 2.16. The summed E-state index contributed by atoms with van der Waals surface area (Å²) in [6.45, 7) is 15.5. The largest absolute Gasteiger partial charge is 0.0651 e. The van der Waals surface area contributed by atoms with Gasteiger partial charge in [0.05, 0.1) is 0 Å². The fourth-order valence-corrected chi connectivity index (χ4v) is 1.58. The maximum atomic E-state index is 4.14. The van der Waals surface area contributed by atoms with Gasteiger partial charge in [-0.3, -0.25) is 0 Å². The topological polar surface area (TPSA) is 0 Å². The maximum absolute atomic E-state index is 4.14. The lowest BCUT2D eigenvalue weighted by molar-refractivity contribution is 0.292. The van der Waals surface area contributed by atoms with Gasteiger partial charge >= 0.3 is 0 Å². The van der Waals surface area contributed by atoms with Crippen molar-refractivity contribution in [1.82, 2.24) is 0 Å². The fraction of sp³-hybridized carbons (Fsp3) is 0.917. The van der Waals surface area contributed by atoms with Gasteiger partial charge in [0.1, 0.15) is 0 Å². The standard InChI is InChI=1S/C12H25/c1-7-11(10(2)3)8-9-12(4,5)6/h10-11H,4,7-9H2,1-3,5-6H3. The first-order valence-corrected chi connectivity index (χ1v) is 5.22. The third-order valence-electron chi connectivity index (χ3n) is 2.66. The zero-order valence-corrected chi connectivity index (χ0v) is 9.48. The summed E-state index contributed by atoms with van der Waals surface area (Å²) in [5, 5.41) is 0. The number of rotatable bonds is 5. The van der Waals surface area contributed by atoms with Crippen molar-refractivity contribution in [1.29, 1.82) is 0 Å². The summed E-state index contributed by atoms with van der Waals surface area (Å²) in [7, 11) is 0. The SMILES string of the molecule is [CH2]C(C)(C)CCC(CC)C(C)C. The molecular weight excluding hydrogens is 144 g/mol. The predicted molar refractivity (Wildman–Crippen MR) is 57.0 cm³/mol. The van der Waals surface area contributed by atoms with Crippen molar-refractivity contribution in [3.05, 3.63) is 6.92 Å². The van der Waals surface area contributed by atoms with Crippen molar-refractivity contribution in [3.8, 4) is 0 Å². The Kier molecular flexibility index (Phi) is 4.89. The smallest absolute Gasteiger partial charge is 0.0354 e. The van der Waals surface area contributed by atoms with Gasteiger partial charge in [-0.1, -0.05) is 41.0 Å². The predicted octanol–water partition coefficient (Wildman–Crippen LogP) is 4.31. The molecule has 0 heteroatoms. The van der Waals surface area contributed by atoms with Crippen molar-refractivity contribution in [3.63, 3.8) is 0 Å². The normalized spacial score (nSPS) is 15.2. The van der Waals surface area contributed by atoms with E-state index >= 15 is 0 Å². The molecule has 0 aromatic rings. The molecule has 0 saturated carbocycles. The van der Waals surface area contributed by atoms with Crippen LogP contribution in [0.25, 0.3) is 0 Å². The molecule has 0 aliphatic rings. The molecule has 0 aliphatic carbocycles. The maximum Gasteiger partial charge on any atom is -0.0354 e. The van der Waals surface area contributed by atoms with E-state index in [2.05, 4.69) is 41.5 Å². The van der Waals surface area contributed by atoms with Crippen LogP contribution < -0.4 is 0 Å². The van der Waals surface area contributed by atoms with Crippen LogP contribution >= 0.6 is 0 Å². The van der Waals surface area contributed by atoms with Gasteiger partial charge < -0.3 is 0 Å². The first-order valence-electron chi connectivity index (χ1n) is 5.22. The van der Waals surface area contributed by atoms with Crippen molar-refractivity contribution < 1.29 is 0 Å². The van der Waals surface area contributed by atoms with Crippen LogP contribution in [-0.2, 0) is 0 Å². The minimum atomic E-state index is 0.266. The fourth-order valence-electron chi connectivity index (χ4n) is 1.58. The highest BCUT2D eigenvalue weighted by molar-refractivity contribution is 4.73. The Morgan fingerprint density at radius 2 is 1.75 bits per heavy atom. The highest BCUT2D eigenvalue weighted by atomic mass is 14.2. The molecule has 1 unspecified atom stereocenters. The summed E-state index contributed by atoms with van der Waals surface area (Å²) < 4.78 is 0.